The Kier molecular flexibility index (Phi) is 2.35. The number of rotatable bonds is 1. The third-order valence-corrected chi connectivity index (χ3v) is 3.29. The van der Waals surface area contributed by atoms with Crippen molar-refractivity contribution in [3.63, 3.8) is 0 Å². The van der Waals surface area contributed by atoms with Crippen molar-refractivity contribution in [2.24, 2.45) is 0 Å². The van der Waals surface area contributed by atoms with Gasteiger partial charge in [0.2, 0.25) is 0 Å². The van der Waals surface area contributed by atoms with Gasteiger partial charge in [-0.15, -0.1) is 0 Å². The van der Waals surface area contributed by atoms with Gasteiger partial charge < -0.3 is 10.6 Å². The molecule has 1 aliphatic heterocycles. The summed E-state index contributed by atoms with van der Waals surface area (Å²) < 4.78 is 13.7. The monoisotopic (exact) mass is 231 g/mol. The highest BCUT2D eigenvalue weighted by Crippen LogP contribution is 2.32. The average Bonchev–Trinajstić information content (AvgIpc) is 2.87. The molecule has 1 fully saturated rings. The van der Waals surface area contributed by atoms with Crippen molar-refractivity contribution in [1.29, 1.82) is 0 Å². The van der Waals surface area contributed by atoms with Crippen LogP contribution in [0.4, 0.5) is 15.9 Å². The molecule has 17 heavy (non-hydrogen) atoms. The number of anilines is 2. The first kappa shape index (κ1) is 10.3. The van der Waals surface area contributed by atoms with Crippen LogP contribution in [0.1, 0.15) is 12.8 Å². The molecule has 0 radical (unpaired) electrons. The molecule has 2 N–H and O–H groups in total. The second-order valence-electron chi connectivity index (χ2n) is 4.39. The highest BCUT2D eigenvalue weighted by Gasteiger charge is 2.18. The first-order chi connectivity index (χ1) is 8.27. The molecule has 0 bridgehead atoms. The van der Waals surface area contributed by atoms with Gasteiger partial charge in [-0.25, -0.2) is 9.37 Å². The molecule has 0 saturated carbocycles. The van der Waals surface area contributed by atoms with Gasteiger partial charge >= 0.3 is 0 Å². The van der Waals surface area contributed by atoms with Crippen LogP contribution >= 0.6 is 0 Å². The maximum absolute atomic E-state index is 13.7. The zero-order chi connectivity index (χ0) is 11.8. The Balaban J connectivity index is 2.27. The number of hydrogen-bond acceptors (Lipinski definition) is 3. The summed E-state index contributed by atoms with van der Waals surface area (Å²) >= 11 is 0. The summed E-state index contributed by atoms with van der Waals surface area (Å²) in [5.41, 5.74) is 6.55. The van der Waals surface area contributed by atoms with Crippen LogP contribution in [0, 0.1) is 5.82 Å². The molecule has 88 valence electrons. The largest absolute Gasteiger partial charge is 0.398 e. The van der Waals surface area contributed by atoms with Gasteiger partial charge in [0.25, 0.3) is 0 Å². The first-order valence-electron chi connectivity index (χ1n) is 5.85. The Morgan fingerprint density at radius 2 is 1.94 bits per heavy atom. The molecule has 3 nitrogen and oxygen atoms in total. The molecule has 0 aliphatic carbocycles. The van der Waals surface area contributed by atoms with Gasteiger partial charge in [-0.3, -0.25) is 0 Å². The van der Waals surface area contributed by atoms with E-state index in [0.717, 1.165) is 37.1 Å². The summed E-state index contributed by atoms with van der Waals surface area (Å²) in [4.78, 5) is 6.55. The Labute approximate surface area is 99.1 Å². The van der Waals surface area contributed by atoms with Gasteiger partial charge in [-0.2, -0.15) is 0 Å². The van der Waals surface area contributed by atoms with Crippen LogP contribution in [0.15, 0.2) is 24.4 Å². The summed E-state index contributed by atoms with van der Waals surface area (Å²) in [6, 6.07) is 4.70. The van der Waals surface area contributed by atoms with Crippen LogP contribution in [-0.2, 0) is 0 Å². The van der Waals surface area contributed by atoms with Crippen molar-refractivity contribution in [3.8, 4) is 0 Å². The maximum atomic E-state index is 13.7. The Morgan fingerprint density at radius 3 is 2.71 bits per heavy atom. The van der Waals surface area contributed by atoms with Crippen molar-refractivity contribution < 1.29 is 4.39 Å². The zero-order valence-electron chi connectivity index (χ0n) is 9.49. The fourth-order valence-electron chi connectivity index (χ4n) is 2.44. The van der Waals surface area contributed by atoms with E-state index in [-0.39, 0.29) is 5.82 Å². The Bertz CT molecular complexity index is 562. The molecule has 3 rings (SSSR count). The normalized spacial score (nSPS) is 15.7. The van der Waals surface area contributed by atoms with Crippen LogP contribution in [0.3, 0.4) is 0 Å². The van der Waals surface area contributed by atoms with Crippen molar-refractivity contribution in [2.75, 3.05) is 23.7 Å². The van der Waals surface area contributed by atoms with Crippen molar-refractivity contribution in [3.05, 3.63) is 30.2 Å². The maximum Gasteiger partial charge on any atom is 0.138 e. The number of nitrogens with zero attached hydrogens (tertiary/aromatic N) is 2. The predicted octanol–water partition coefficient (Wildman–Crippen LogP) is 2.56. The highest BCUT2D eigenvalue weighted by molar-refractivity contribution is 6.01. The average molecular weight is 231 g/mol. The van der Waals surface area contributed by atoms with E-state index in [0.29, 0.717) is 11.1 Å². The van der Waals surface area contributed by atoms with E-state index in [1.807, 2.05) is 0 Å². The van der Waals surface area contributed by atoms with E-state index in [1.54, 1.807) is 18.3 Å². The van der Waals surface area contributed by atoms with E-state index in [4.69, 9.17) is 5.73 Å². The minimum atomic E-state index is -0.239. The number of hydrogen-bond donors (Lipinski definition) is 1. The van der Waals surface area contributed by atoms with Gasteiger partial charge in [0.15, 0.2) is 0 Å². The Morgan fingerprint density at radius 1 is 1.18 bits per heavy atom. The summed E-state index contributed by atoms with van der Waals surface area (Å²) in [5.74, 6) is 0.578. The molecule has 4 heteroatoms. The number of benzene rings is 1. The second-order valence-corrected chi connectivity index (χ2v) is 4.39. The number of nitrogen functional groups attached to an aromatic ring is 1. The number of aromatic nitrogens is 1. The van der Waals surface area contributed by atoms with E-state index < -0.39 is 0 Å². The molecule has 2 aromatic rings. The predicted molar refractivity (Wildman–Crippen MR) is 67.6 cm³/mol. The third-order valence-electron chi connectivity index (χ3n) is 3.29. The molecule has 1 aromatic heterocycles. The third kappa shape index (κ3) is 1.60. The quantitative estimate of drug-likeness (QED) is 0.767. The molecule has 0 unspecified atom stereocenters. The molecule has 0 atom stereocenters. The van der Waals surface area contributed by atoms with Crippen molar-refractivity contribution in [2.45, 2.75) is 12.8 Å². The number of fused-ring (bicyclic) bond motifs is 1. The Hall–Kier alpha value is -1.84. The second kappa shape index (κ2) is 3.87. The lowest BCUT2D eigenvalue weighted by atomic mass is 10.1. The van der Waals surface area contributed by atoms with Crippen LogP contribution in [-0.4, -0.2) is 18.1 Å². The molecule has 0 spiro atoms. The minimum Gasteiger partial charge on any atom is -0.398 e. The molecule has 2 heterocycles. The molecule has 1 saturated heterocycles. The fraction of sp³-hybridized carbons (Fsp3) is 0.308. The van der Waals surface area contributed by atoms with E-state index in [2.05, 4.69) is 9.88 Å². The van der Waals surface area contributed by atoms with Gasteiger partial charge in [0, 0.05) is 30.4 Å². The van der Waals surface area contributed by atoms with E-state index in [9.17, 15) is 4.39 Å². The van der Waals surface area contributed by atoms with Crippen LogP contribution in [0.25, 0.3) is 10.8 Å². The molecular weight excluding hydrogens is 217 g/mol. The summed E-state index contributed by atoms with van der Waals surface area (Å²) in [6.45, 7) is 1.95. The van der Waals surface area contributed by atoms with Crippen LogP contribution in [0.5, 0.6) is 0 Å². The standard InChI is InChI=1S/C13H14FN3/c14-10-3-4-11(15)12-9(10)5-6-16-13(12)17-7-1-2-8-17/h3-6H,1-2,7-8,15H2. The summed E-state index contributed by atoms with van der Waals surface area (Å²) in [6.07, 6.45) is 3.97. The van der Waals surface area contributed by atoms with Gasteiger partial charge in [-0.1, -0.05) is 0 Å². The molecular formula is C13H14FN3. The highest BCUT2D eigenvalue weighted by atomic mass is 19.1. The summed E-state index contributed by atoms with van der Waals surface area (Å²) in [5, 5.41) is 1.30. The molecule has 0 amide bonds. The van der Waals surface area contributed by atoms with E-state index in [1.165, 1.54) is 6.07 Å². The van der Waals surface area contributed by atoms with Crippen LogP contribution in [0.2, 0.25) is 0 Å². The lowest BCUT2D eigenvalue weighted by Gasteiger charge is -2.19. The van der Waals surface area contributed by atoms with Gasteiger partial charge in [0.05, 0.1) is 5.39 Å². The first-order valence-corrected chi connectivity index (χ1v) is 5.85. The van der Waals surface area contributed by atoms with Crippen molar-refractivity contribution in [1.82, 2.24) is 4.98 Å². The number of nitrogens with two attached hydrogens (primary N) is 1. The summed E-state index contributed by atoms with van der Waals surface area (Å²) in [7, 11) is 0. The topological polar surface area (TPSA) is 42.1 Å². The van der Waals surface area contributed by atoms with Gasteiger partial charge in [-0.05, 0) is 31.0 Å². The molecule has 1 aliphatic rings. The fourth-order valence-corrected chi connectivity index (χ4v) is 2.44. The minimum absolute atomic E-state index is 0.239. The van der Waals surface area contributed by atoms with E-state index >= 15 is 0 Å². The zero-order valence-corrected chi connectivity index (χ0v) is 9.49. The lowest BCUT2D eigenvalue weighted by Crippen LogP contribution is -2.19. The lowest BCUT2D eigenvalue weighted by molar-refractivity contribution is 0.640. The SMILES string of the molecule is Nc1ccc(F)c2ccnc(N3CCCC3)c12. The van der Waals surface area contributed by atoms with Crippen molar-refractivity contribution >= 4 is 22.3 Å². The molecule has 1 aromatic carbocycles. The van der Waals surface area contributed by atoms with Crippen LogP contribution < -0.4 is 10.6 Å². The number of halogens is 1. The van der Waals surface area contributed by atoms with Gasteiger partial charge in [0.1, 0.15) is 11.6 Å². The smallest absolute Gasteiger partial charge is 0.138 e. The number of pyridine rings is 1.